The third-order valence-electron chi connectivity index (χ3n) is 5.08. The van der Waals surface area contributed by atoms with E-state index in [2.05, 4.69) is 35.8 Å². The minimum Gasteiger partial charge on any atom is -0.405 e. The molecule has 0 radical (unpaired) electrons. The second-order valence-electron chi connectivity index (χ2n) is 7.33. The van der Waals surface area contributed by atoms with E-state index >= 15 is 0 Å². The number of anilines is 1. The Kier molecular flexibility index (Phi) is 10.4. The maximum absolute atomic E-state index is 13.0. The van der Waals surface area contributed by atoms with Crippen molar-refractivity contribution in [2.75, 3.05) is 5.73 Å². The summed E-state index contributed by atoms with van der Waals surface area (Å²) in [7, 11) is 0.812. The van der Waals surface area contributed by atoms with Gasteiger partial charge < -0.3 is 11.5 Å². The van der Waals surface area contributed by atoms with Gasteiger partial charge in [0, 0.05) is 37.2 Å². The molecule has 2 aromatic heterocycles. The van der Waals surface area contributed by atoms with Crippen LogP contribution < -0.4 is 11.5 Å². The van der Waals surface area contributed by atoms with E-state index in [4.69, 9.17) is 5.73 Å². The van der Waals surface area contributed by atoms with Gasteiger partial charge in [-0.2, -0.15) is 5.10 Å². The molecular formula is C26H35N5OS. The van der Waals surface area contributed by atoms with Crippen LogP contribution in [0, 0.1) is 0 Å². The van der Waals surface area contributed by atoms with E-state index in [1.165, 1.54) is 11.8 Å². The third-order valence-corrected chi connectivity index (χ3v) is 6.64. The standard InChI is InChI=1S/C22H24N4OS.C2H5N.C2H6/c1-25-16-20(14-24-25)18-8-10-21(11-9-18)28(27)26-13-12-17(15-26)6-7-19-4-2-3-5-22(19)23;1-2-3;1-2/h2-8,10,12-16,18,21H,9,11,23H2,1H3;2H,1,3H2;1-2H3/b7-6+;;. The molecular weight excluding hydrogens is 430 g/mol. The van der Waals surface area contributed by atoms with Crippen molar-refractivity contribution in [3.63, 3.8) is 0 Å². The molecule has 0 bridgehead atoms. The van der Waals surface area contributed by atoms with Crippen molar-refractivity contribution in [1.29, 1.82) is 0 Å². The smallest absolute Gasteiger partial charge is 0.130 e. The van der Waals surface area contributed by atoms with Gasteiger partial charge in [0.1, 0.15) is 11.0 Å². The highest BCUT2D eigenvalue weighted by molar-refractivity contribution is 7.84. The Morgan fingerprint density at radius 1 is 1.12 bits per heavy atom. The molecule has 4 N–H and O–H groups in total. The van der Waals surface area contributed by atoms with Gasteiger partial charge >= 0.3 is 0 Å². The average Bonchev–Trinajstić information content (AvgIpc) is 3.49. The first-order valence-electron chi connectivity index (χ1n) is 11.1. The van der Waals surface area contributed by atoms with Crippen LogP contribution in [0.3, 0.4) is 0 Å². The minimum absolute atomic E-state index is 0.0296. The molecule has 0 saturated carbocycles. The zero-order valence-electron chi connectivity index (χ0n) is 19.7. The summed E-state index contributed by atoms with van der Waals surface area (Å²) in [6.07, 6.45) is 19.1. The van der Waals surface area contributed by atoms with Crippen molar-refractivity contribution in [2.45, 2.75) is 37.9 Å². The number of para-hydroxylation sites is 1. The van der Waals surface area contributed by atoms with Crippen molar-refractivity contribution in [3.05, 3.63) is 96.7 Å². The number of hydrogen-bond donors (Lipinski definition) is 2. The molecule has 33 heavy (non-hydrogen) atoms. The van der Waals surface area contributed by atoms with E-state index in [0.717, 1.165) is 29.7 Å². The lowest BCUT2D eigenvalue weighted by Crippen LogP contribution is -2.21. The van der Waals surface area contributed by atoms with Gasteiger partial charge in [-0.1, -0.05) is 62.9 Å². The SMILES string of the molecule is C=CN.CC.Cn1cc(C2C=CC(S(=O)n3ccc(/C=C/c4ccccc4N)c3)CC2)cn1. The maximum Gasteiger partial charge on any atom is 0.130 e. The van der Waals surface area contributed by atoms with Crippen molar-refractivity contribution in [1.82, 2.24) is 13.8 Å². The van der Waals surface area contributed by atoms with Gasteiger partial charge in [0.25, 0.3) is 0 Å². The number of hydrogen-bond acceptors (Lipinski definition) is 4. The van der Waals surface area contributed by atoms with Crippen LogP contribution in [-0.4, -0.2) is 23.2 Å². The van der Waals surface area contributed by atoms with Crippen molar-refractivity contribution < 1.29 is 4.21 Å². The Hall–Kier alpha value is -3.32. The van der Waals surface area contributed by atoms with Crippen molar-refractivity contribution >= 4 is 28.8 Å². The molecule has 176 valence electrons. The van der Waals surface area contributed by atoms with Crippen LogP contribution in [0.2, 0.25) is 0 Å². The van der Waals surface area contributed by atoms with Gasteiger partial charge in [-0.15, -0.1) is 0 Å². The molecule has 3 atom stereocenters. The number of nitrogens with zero attached hydrogens (tertiary/aromatic N) is 3. The fraction of sp³-hybridized carbons (Fsp3) is 0.269. The Morgan fingerprint density at radius 2 is 1.85 bits per heavy atom. The summed E-state index contributed by atoms with van der Waals surface area (Å²) in [4.78, 5) is 0. The van der Waals surface area contributed by atoms with Crippen LogP contribution in [0.25, 0.3) is 12.2 Å². The molecule has 7 heteroatoms. The zero-order chi connectivity index (χ0) is 24.2. The first-order valence-corrected chi connectivity index (χ1v) is 12.3. The maximum atomic E-state index is 13.0. The van der Waals surface area contributed by atoms with Crippen LogP contribution in [0.5, 0.6) is 0 Å². The lowest BCUT2D eigenvalue weighted by atomic mass is 9.91. The van der Waals surface area contributed by atoms with Crippen molar-refractivity contribution in [2.24, 2.45) is 12.8 Å². The molecule has 0 aliphatic heterocycles. The fourth-order valence-electron chi connectivity index (χ4n) is 3.48. The molecule has 0 amide bonds. The average molecular weight is 466 g/mol. The van der Waals surface area contributed by atoms with Gasteiger partial charge in [-0.25, -0.2) is 4.21 Å². The van der Waals surface area contributed by atoms with Crippen LogP contribution in [0.4, 0.5) is 5.69 Å². The highest BCUT2D eigenvalue weighted by Gasteiger charge is 2.23. The predicted octanol–water partition coefficient (Wildman–Crippen LogP) is 5.10. The Balaban J connectivity index is 0.000000714. The van der Waals surface area contributed by atoms with Gasteiger partial charge in [0.05, 0.1) is 11.4 Å². The lowest BCUT2D eigenvalue weighted by Gasteiger charge is -2.21. The van der Waals surface area contributed by atoms with Gasteiger partial charge in [-0.3, -0.25) is 8.65 Å². The van der Waals surface area contributed by atoms with Gasteiger partial charge in [0.2, 0.25) is 0 Å². The molecule has 1 aliphatic rings. The highest BCUT2D eigenvalue weighted by atomic mass is 32.2. The molecule has 3 unspecified atom stereocenters. The summed E-state index contributed by atoms with van der Waals surface area (Å²) in [5.74, 6) is 0.362. The number of nitrogen functional groups attached to an aromatic ring is 1. The number of nitrogens with two attached hydrogens (primary N) is 2. The number of aromatic nitrogens is 3. The summed E-state index contributed by atoms with van der Waals surface area (Å²) in [5, 5.41) is 4.27. The molecule has 1 aromatic carbocycles. The molecule has 3 aromatic rings. The topological polar surface area (TPSA) is 91.9 Å². The summed E-state index contributed by atoms with van der Waals surface area (Å²) in [5.41, 5.74) is 14.5. The first kappa shape index (κ1) is 25.9. The Bertz CT molecular complexity index is 1100. The number of rotatable bonds is 5. The number of benzene rings is 1. The third kappa shape index (κ3) is 7.36. The largest absolute Gasteiger partial charge is 0.405 e. The second-order valence-corrected chi connectivity index (χ2v) is 8.91. The van der Waals surface area contributed by atoms with E-state index < -0.39 is 11.0 Å². The molecule has 6 nitrogen and oxygen atoms in total. The minimum atomic E-state index is -1.12. The summed E-state index contributed by atoms with van der Waals surface area (Å²) in [6.45, 7) is 7.14. The van der Waals surface area contributed by atoms with Gasteiger partial charge in [-0.05, 0) is 47.9 Å². The summed E-state index contributed by atoms with van der Waals surface area (Å²) >= 11 is 0. The molecule has 0 saturated heterocycles. The Labute approximate surface area is 199 Å². The highest BCUT2D eigenvalue weighted by Crippen LogP contribution is 2.29. The second kappa shape index (κ2) is 13.3. The monoisotopic (exact) mass is 465 g/mol. The van der Waals surface area contributed by atoms with Crippen LogP contribution in [0.15, 0.2) is 80.1 Å². The zero-order valence-corrected chi connectivity index (χ0v) is 20.5. The van der Waals surface area contributed by atoms with E-state index in [-0.39, 0.29) is 5.25 Å². The normalized spacial score (nSPS) is 18.0. The van der Waals surface area contributed by atoms with Crippen LogP contribution in [0.1, 0.15) is 49.3 Å². The Morgan fingerprint density at radius 3 is 2.45 bits per heavy atom. The molecule has 2 heterocycles. The first-order chi connectivity index (χ1) is 16.0. The molecule has 0 fully saturated rings. The summed E-state index contributed by atoms with van der Waals surface area (Å²) in [6, 6.07) is 9.71. The predicted molar refractivity (Wildman–Crippen MR) is 142 cm³/mol. The molecule has 0 spiro atoms. The van der Waals surface area contributed by atoms with Gasteiger partial charge in [0.15, 0.2) is 0 Å². The summed E-state index contributed by atoms with van der Waals surface area (Å²) < 4.78 is 16.6. The van der Waals surface area contributed by atoms with Crippen LogP contribution >= 0.6 is 0 Å². The fourth-order valence-corrected chi connectivity index (χ4v) is 4.76. The van der Waals surface area contributed by atoms with Crippen LogP contribution in [-0.2, 0) is 18.0 Å². The van der Waals surface area contributed by atoms with E-state index in [1.807, 2.05) is 86.7 Å². The van der Waals surface area contributed by atoms with E-state index in [9.17, 15) is 4.21 Å². The molecule has 1 aliphatic carbocycles. The van der Waals surface area contributed by atoms with Crippen molar-refractivity contribution in [3.8, 4) is 0 Å². The molecule has 4 rings (SSSR count). The lowest BCUT2D eigenvalue weighted by molar-refractivity contribution is 0.628. The van der Waals surface area contributed by atoms with E-state index in [0.29, 0.717) is 5.92 Å². The number of aryl methyl sites for hydroxylation is 1. The van der Waals surface area contributed by atoms with E-state index in [1.54, 1.807) is 3.97 Å². The quantitative estimate of drug-likeness (QED) is 0.405. The number of allylic oxidation sites excluding steroid dienone is 1.